The van der Waals surface area contributed by atoms with Crippen molar-refractivity contribution in [2.75, 3.05) is 6.61 Å². The molecular formula is C16H15Cl2N3O2. The number of ether oxygens (including phenoxy) is 1. The van der Waals surface area contributed by atoms with Gasteiger partial charge in [0.2, 0.25) is 0 Å². The lowest BCUT2D eigenvalue weighted by Gasteiger charge is -2.10. The number of hydrogen-bond donors (Lipinski definition) is 0. The summed E-state index contributed by atoms with van der Waals surface area (Å²) in [6.07, 6.45) is 1.71. The maximum atomic E-state index is 12.2. The van der Waals surface area contributed by atoms with Gasteiger partial charge in [-0.15, -0.1) is 0 Å². The van der Waals surface area contributed by atoms with Gasteiger partial charge < -0.3 is 13.9 Å². The van der Waals surface area contributed by atoms with Gasteiger partial charge >= 0.3 is 5.97 Å². The van der Waals surface area contributed by atoms with E-state index in [0.29, 0.717) is 28.9 Å². The molecular weight excluding hydrogens is 337 g/mol. The molecule has 0 aliphatic carbocycles. The van der Waals surface area contributed by atoms with Crippen LogP contribution in [0, 0.1) is 0 Å². The van der Waals surface area contributed by atoms with Crippen LogP contribution in [0.25, 0.3) is 11.2 Å². The average molecular weight is 352 g/mol. The molecule has 0 aliphatic heterocycles. The number of nitrogens with zero attached hydrogens (tertiary/aromatic N) is 3. The van der Waals surface area contributed by atoms with Gasteiger partial charge in [0.05, 0.1) is 28.5 Å². The number of imidazole rings is 1. The van der Waals surface area contributed by atoms with Crippen molar-refractivity contribution in [2.24, 2.45) is 7.05 Å². The van der Waals surface area contributed by atoms with Gasteiger partial charge in [-0.25, -0.2) is 9.78 Å². The van der Waals surface area contributed by atoms with Crippen LogP contribution < -0.4 is 0 Å². The molecule has 0 N–H and O–H groups in total. The monoisotopic (exact) mass is 351 g/mol. The summed E-state index contributed by atoms with van der Waals surface area (Å²) >= 11 is 12.0. The second-order valence-corrected chi connectivity index (χ2v) is 5.96. The van der Waals surface area contributed by atoms with Gasteiger partial charge in [0.15, 0.2) is 5.65 Å². The first-order valence-corrected chi connectivity index (χ1v) is 7.88. The Kier molecular flexibility index (Phi) is 4.33. The maximum absolute atomic E-state index is 12.2. The lowest BCUT2D eigenvalue weighted by Crippen LogP contribution is -2.13. The third-order valence-corrected chi connectivity index (χ3v) is 4.33. The smallest absolute Gasteiger partial charge is 0.355 e. The van der Waals surface area contributed by atoms with E-state index in [1.165, 1.54) is 0 Å². The molecule has 120 valence electrons. The van der Waals surface area contributed by atoms with Crippen LogP contribution >= 0.6 is 23.2 Å². The Morgan fingerprint density at radius 2 is 2.04 bits per heavy atom. The van der Waals surface area contributed by atoms with Crippen molar-refractivity contribution in [3.63, 3.8) is 0 Å². The number of rotatable bonds is 4. The normalized spacial score (nSPS) is 11.1. The predicted octanol–water partition coefficient (Wildman–Crippen LogP) is 3.91. The summed E-state index contributed by atoms with van der Waals surface area (Å²) in [5.74, 6) is -0.370. The first kappa shape index (κ1) is 15.9. The van der Waals surface area contributed by atoms with Crippen molar-refractivity contribution >= 4 is 40.3 Å². The van der Waals surface area contributed by atoms with Gasteiger partial charge in [0.25, 0.3) is 0 Å². The van der Waals surface area contributed by atoms with Crippen molar-refractivity contribution in [3.05, 3.63) is 51.9 Å². The van der Waals surface area contributed by atoms with Crippen molar-refractivity contribution < 1.29 is 9.53 Å². The first-order chi connectivity index (χ1) is 11.0. The van der Waals surface area contributed by atoms with Crippen LogP contribution in [0.2, 0.25) is 10.0 Å². The number of carbonyl (C=O) groups excluding carboxylic acids is 1. The Balaban J connectivity index is 2.08. The molecule has 0 amide bonds. The molecule has 2 aromatic heterocycles. The summed E-state index contributed by atoms with van der Waals surface area (Å²) in [7, 11) is 1.88. The van der Waals surface area contributed by atoms with E-state index in [9.17, 15) is 4.79 Å². The fourth-order valence-corrected chi connectivity index (χ4v) is 2.80. The molecule has 2 heterocycles. The molecule has 0 saturated heterocycles. The van der Waals surface area contributed by atoms with Gasteiger partial charge in [0, 0.05) is 13.6 Å². The number of carbonyl (C=O) groups is 1. The molecule has 0 atom stereocenters. The quantitative estimate of drug-likeness (QED) is 0.669. The molecule has 3 rings (SSSR count). The van der Waals surface area contributed by atoms with E-state index in [2.05, 4.69) is 4.98 Å². The molecule has 7 heteroatoms. The first-order valence-electron chi connectivity index (χ1n) is 7.13. The average Bonchev–Trinajstić information content (AvgIpc) is 3.05. The minimum Gasteiger partial charge on any atom is -0.461 e. The highest BCUT2D eigenvalue weighted by Crippen LogP contribution is 2.25. The highest BCUT2D eigenvalue weighted by Gasteiger charge is 2.19. The molecule has 0 fully saturated rings. The highest BCUT2D eigenvalue weighted by atomic mass is 35.5. The molecule has 0 unspecified atom stereocenters. The zero-order valence-corrected chi connectivity index (χ0v) is 14.2. The van der Waals surface area contributed by atoms with Gasteiger partial charge in [-0.2, -0.15) is 0 Å². The third-order valence-electron chi connectivity index (χ3n) is 3.59. The van der Waals surface area contributed by atoms with E-state index in [-0.39, 0.29) is 5.97 Å². The number of halogens is 2. The van der Waals surface area contributed by atoms with E-state index in [1.54, 1.807) is 31.5 Å². The van der Waals surface area contributed by atoms with E-state index >= 15 is 0 Å². The Morgan fingerprint density at radius 1 is 1.26 bits per heavy atom. The number of fused-ring (bicyclic) bond motifs is 1. The Morgan fingerprint density at radius 3 is 2.74 bits per heavy atom. The number of aryl methyl sites for hydroxylation is 1. The van der Waals surface area contributed by atoms with Crippen LogP contribution in [0.4, 0.5) is 0 Å². The number of hydrogen-bond acceptors (Lipinski definition) is 3. The van der Waals surface area contributed by atoms with E-state index in [0.717, 1.165) is 16.7 Å². The second-order valence-electron chi connectivity index (χ2n) is 5.15. The Bertz CT molecular complexity index is 883. The van der Waals surface area contributed by atoms with Crippen LogP contribution in [0.15, 0.2) is 30.6 Å². The van der Waals surface area contributed by atoms with Crippen molar-refractivity contribution in [2.45, 2.75) is 13.5 Å². The van der Waals surface area contributed by atoms with Crippen molar-refractivity contribution in [3.8, 4) is 0 Å². The fraction of sp³-hybridized carbons (Fsp3) is 0.250. The molecule has 0 radical (unpaired) electrons. The summed E-state index contributed by atoms with van der Waals surface area (Å²) in [4.78, 5) is 16.6. The van der Waals surface area contributed by atoms with Crippen molar-refractivity contribution in [1.82, 2.24) is 14.1 Å². The SMILES string of the molecule is CCOC(=O)c1cc2c(ncn2C)n1Cc1ccc(Cl)c(Cl)c1. The number of esters is 1. The highest BCUT2D eigenvalue weighted by molar-refractivity contribution is 6.42. The molecule has 23 heavy (non-hydrogen) atoms. The molecule has 0 saturated carbocycles. The minimum absolute atomic E-state index is 0.320. The molecule has 0 spiro atoms. The van der Waals surface area contributed by atoms with Gasteiger partial charge in [-0.05, 0) is 30.7 Å². The molecule has 0 bridgehead atoms. The van der Waals surface area contributed by atoms with Crippen LogP contribution in [0.3, 0.4) is 0 Å². The zero-order valence-electron chi connectivity index (χ0n) is 12.7. The van der Waals surface area contributed by atoms with Crippen LogP contribution in [0.5, 0.6) is 0 Å². The third kappa shape index (κ3) is 2.94. The Hall–Kier alpha value is -1.98. The van der Waals surface area contributed by atoms with Gasteiger partial charge in [-0.1, -0.05) is 29.3 Å². The van der Waals surface area contributed by atoms with E-state index in [1.807, 2.05) is 22.2 Å². The molecule has 0 aliphatic rings. The van der Waals surface area contributed by atoms with Gasteiger partial charge in [0.1, 0.15) is 5.69 Å². The standard InChI is InChI=1S/C16H15Cl2N3O2/c1-3-23-16(22)14-7-13-15(19-9-20(13)2)21(14)8-10-4-5-11(17)12(18)6-10/h4-7,9H,3,8H2,1-2H3. The summed E-state index contributed by atoms with van der Waals surface area (Å²) < 4.78 is 8.83. The largest absolute Gasteiger partial charge is 0.461 e. The predicted molar refractivity (Wildman–Crippen MR) is 90.2 cm³/mol. The van der Waals surface area contributed by atoms with E-state index < -0.39 is 0 Å². The topological polar surface area (TPSA) is 49.0 Å². The molecule has 3 aromatic rings. The lowest BCUT2D eigenvalue weighted by atomic mass is 10.2. The number of benzene rings is 1. The zero-order chi connectivity index (χ0) is 16.6. The number of aromatic nitrogens is 3. The molecule has 5 nitrogen and oxygen atoms in total. The second kappa shape index (κ2) is 6.26. The summed E-state index contributed by atoms with van der Waals surface area (Å²) in [6, 6.07) is 7.19. The van der Waals surface area contributed by atoms with E-state index in [4.69, 9.17) is 27.9 Å². The molecule has 1 aromatic carbocycles. The fourth-order valence-electron chi connectivity index (χ4n) is 2.48. The van der Waals surface area contributed by atoms with Crippen molar-refractivity contribution in [1.29, 1.82) is 0 Å². The van der Waals surface area contributed by atoms with Crippen LogP contribution in [-0.4, -0.2) is 26.7 Å². The maximum Gasteiger partial charge on any atom is 0.355 e. The summed E-state index contributed by atoms with van der Waals surface area (Å²) in [5.41, 5.74) is 2.98. The van der Waals surface area contributed by atoms with Gasteiger partial charge in [-0.3, -0.25) is 0 Å². The summed E-state index contributed by atoms with van der Waals surface area (Å²) in [5, 5.41) is 0.975. The minimum atomic E-state index is -0.370. The van der Waals surface area contributed by atoms with Crippen LogP contribution in [0.1, 0.15) is 23.0 Å². The Labute approximate surface area is 143 Å². The summed E-state index contributed by atoms with van der Waals surface area (Å²) in [6.45, 7) is 2.55. The van der Waals surface area contributed by atoms with Crippen LogP contribution in [-0.2, 0) is 18.3 Å². The lowest BCUT2D eigenvalue weighted by molar-refractivity contribution is 0.0515.